The van der Waals surface area contributed by atoms with Crippen molar-refractivity contribution in [1.82, 2.24) is 4.90 Å². The van der Waals surface area contributed by atoms with E-state index in [9.17, 15) is 4.79 Å². The molecule has 5 heteroatoms. The molecule has 1 amide bonds. The van der Waals surface area contributed by atoms with E-state index in [4.69, 9.17) is 12.2 Å². The molecule has 1 unspecified atom stereocenters. The van der Waals surface area contributed by atoms with E-state index in [2.05, 4.69) is 13.0 Å². The zero-order chi connectivity index (χ0) is 15.7. The van der Waals surface area contributed by atoms with Gasteiger partial charge >= 0.3 is 0 Å². The summed E-state index contributed by atoms with van der Waals surface area (Å²) in [6.07, 6.45) is 1.96. The first-order valence-corrected chi connectivity index (χ1v) is 9.04. The molecule has 3 rings (SSSR count). The molecule has 112 valence electrons. The molecule has 0 radical (unpaired) electrons. The Bertz CT molecular complexity index is 748. The van der Waals surface area contributed by atoms with Crippen molar-refractivity contribution in [3.05, 3.63) is 62.7 Å². The molecule has 2 aromatic rings. The van der Waals surface area contributed by atoms with Crippen molar-refractivity contribution in [2.45, 2.75) is 19.9 Å². The van der Waals surface area contributed by atoms with E-state index in [1.807, 2.05) is 48.7 Å². The standard InChI is InChI=1S/C17H15NOS3/c1-11-8-9-21-14(11)10-15-16(19)18(17(20)22-15)12(2)13-6-4-3-5-7-13/h3-10,12H,1-2H3/b15-10-. The van der Waals surface area contributed by atoms with Crippen molar-refractivity contribution in [2.75, 3.05) is 0 Å². The van der Waals surface area contributed by atoms with Crippen molar-refractivity contribution >= 4 is 51.6 Å². The minimum Gasteiger partial charge on any atom is -0.286 e. The third kappa shape index (κ3) is 2.89. The lowest BCUT2D eigenvalue weighted by Crippen LogP contribution is -2.30. The van der Waals surface area contributed by atoms with Crippen molar-refractivity contribution in [1.29, 1.82) is 0 Å². The average Bonchev–Trinajstić information content (AvgIpc) is 3.04. The Morgan fingerprint density at radius 2 is 1.95 bits per heavy atom. The van der Waals surface area contributed by atoms with E-state index in [0.717, 1.165) is 10.4 Å². The minimum absolute atomic E-state index is 0.000784. The molecule has 0 saturated carbocycles. The van der Waals surface area contributed by atoms with Gasteiger partial charge in [-0.15, -0.1) is 11.3 Å². The normalized spacial score (nSPS) is 18.3. The smallest absolute Gasteiger partial charge is 0.266 e. The Balaban J connectivity index is 1.89. The zero-order valence-electron chi connectivity index (χ0n) is 12.3. The molecule has 2 heterocycles. The van der Waals surface area contributed by atoms with Gasteiger partial charge in [0.05, 0.1) is 10.9 Å². The molecular formula is C17H15NOS3. The fraction of sp³-hybridized carbons (Fsp3) is 0.176. The first-order valence-electron chi connectivity index (χ1n) is 6.94. The molecule has 2 nitrogen and oxygen atoms in total. The van der Waals surface area contributed by atoms with Crippen LogP contribution in [0.1, 0.15) is 29.0 Å². The molecule has 1 aliphatic heterocycles. The van der Waals surface area contributed by atoms with Crippen LogP contribution in [0, 0.1) is 6.92 Å². The number of thiophene rings is 1. The van der Waals surface area contributed by atoms with Crippen LogP contribution in [-0.2, 0) is 4.79 Å². The number of thiocarbonyl (C=S) groups is 1. The van der Waals surface area contributed by atoms with Crippen LogP contribution in [0.2, 0.25) is 0 Å². The quantitative estimate of drug-likeness (QED) is 0.575. The largest absolute Gasteiger partial charge is 0.286 e. The highest BCUT2D eigenvalue weighted by Gasteiger charge is 2.35. The second-order valence-corrected chi connectivity index (χ2v) is 7.73. The van der Waals surface area contributed by atoms with Crippen LogP contribution in [0.15, 0.2) is 46.7 Å². The van der Waals surface area contributed by atoms with Gasteiger partial charge in [0.25, 0.3) is 5.91 Å². The molecule has 0 spiro atoms. The summed E-state index contributed by atoms with van der Waals surface area (Å²) >= 11 is 8.46. The van der Waals surface area contributed by atoms with E-state index < -0.39 is 0 Å². The first-order chi connectivity index (χ1) is 10.6. The molecule has 22 heavy (non-hydrogen) atoms. The number of nitrogens with zero attached hydrogens (tertiary/aromatic N) is 1. The van der Waals surface area contributed by atoms with Crippen LogP contribution >= 0.6 is 35.3 Å². The molecular weight excluding hydrogens is 330 g/mol. The maximum Gasteiger partial charge on any atom is 0.266 e. The van der Waals surface area contributed by atoms with Crippen LogP contribution < -0.4 is 0 Å². The predicted molar refractivity (Wildman–Crippen MR) is 98.9 cm³/mol. The Labute approximate surface area is 143 Å². The maximum atomic E-state index is 12.7. The van der Waals surface area contributed by atoms with E-state index in [1.165, 1.54) is 17.3 Å². The van der Waals surface area contributed by atoms with Gasteiger partial charge in [0, 0.05) is 4.88 Å². The molecule has 0 bridgehead atoms. The number of hydrogen-bond acceptors (Lipinski definition) is 4. The van der Waals surface area contributed by atoms with Gasteiger partial charge in [0.1, 0.15) is 4.32 Å². The summed E-state index contributed by atoms with van der Waals surface area (Å²) in [7, 11) is 0. The Morgan fingerprint density at radius 1 is 1.23 bits per heavy atom. The zero-order valence-corrected chi connectivity index (χ0v) is 14.7. The van der Waals surface area contributed by atoms with Gasteiger partial charge in [-0.05, 0) is 42.5 Å². The van der Waals surface area contributed by atoms with E-state index in [-0.39, 0.29) is 11.9 Å². The monoisotopic (exact) mass is 345 g/mol. The Morgan fingerprint density at radius 3 is 2.59 bits per heavy atom. The predicted octanol–water partition coefficient (Wildman–Crippen LogP) is 5.02. The van der Waals surface area contributed by atoms with Gasteiger partial charge in [0.2, 0.25) is 0 Å². The molecule has 1 aromatic heterocycles. The molecule has 0 aliphatic carbocycles. The lowest BCUT2D eigenvalue weighted by Gasteiger charge is -2.23. The van der Waals surface area contributed by atoms with Crippen molar-refractivity contribution in [3.63, 3.8) is 0 Å². The highest BCUT2D eigenvalue weighted by atomic mass is 32.2. The summed E-state index contributed by atoms with van der Waals surface area (Å²) in [6, 6.07) is 12.0. The van der Waals surface area contributed by atoms with Crippen LogP contribution in [0.25, 0.3) is 6.08 Å². The number of carbonyl (C=O) groups is 1. The van der Waals surface area contributed by atoms with Gasteiger partial charge in [-0.1, -0.05) is 54.3 Å². The molecule has 1 fully saturated rings. The summed E-state index contributed by atoms with van der Waals surface area (Å²) in [4.78, 5) is 16.3. The summed E-state index contributed by atoms with van der Waals surface area (Å²) in [5.74, 6) is -0.000784. The minimum atomic E-state index is -0.0518. The van der Waals surface area contributed by atoms with Crippen LogP contribution in [-0.4, -0.2) is 15.1 Å². The summed E-state index contributed by atoms with van der Waals surface area (Å²) < 4.78 is 0.627. The number of amides is 1. The van der Waals surface area contributed by atoms with E-state index in [1.54, 1.807) is 16.2 Å². The van der Waals surface area contributed by atoms with Gasteiger partial charge in [-0.25, -0.2) is 0 Å². The molecule has 1 atom stereocenters. The van der Waals surface area contributed by atoms with E-state index in [0.29, 0.717) is 9.23 Å². The second-order valence-electron chi connectivity index (χ2n) is 5.11. The Kier molecular flexibility index (Phi) is 4.47. The van der Waals surface area contributed by atoms with Crippen LogP contribution in [0.4, 0.5) is 0 Å². The Hall–Kier alpha value is -1.43. The molecule has 1 saturated heterocycles. The summed E-state index contributed by atoms with van der Waals surface area (Å²) in [5.41, 5.74) is 2.28. The highest BCUT2D eigenvalue weighted by Crippen LogP contribution is 2.38. The third-order valence-corrected chi connectivity index (χ3v) is 5.95. The van der Waals surface area contributed by atoms with Crippen LogP contribution in [0.5, 0.6) is 0 Å². The average molecular weight is 346 g/mol. The van der Waals surface area contributed by atoms with Gasteiger partial charge in [-0.3, -0.25) is 9.69 Å². The maximum absolute atomic E-state index is 12.7. The topological polar surface area (TPSA) is 20.3 Å². The number of aryl methyl sites for hydroxylation is 1. The summed E-state index contributed by atoms with van der Waals surface area (Å²) in [6.45, 7) is 4.06. The number of carbonyl (C=O) groups excluding carboxylic acids is 1. The number of hydrogen-bond donors (Lipinski definition) is 0. The van der Waals surface area contributed by atoms with Crippen molar-refractivity contribution in [2.24, 2.45) is 0 Å². The van der Waals surface area contributed by atoms with Crippen LogP contribution in [0.3, 0.4) is 0 Å². The SMILES string of the molecule is Cc1ccsc1/C=C1\SC(=S)N(C(C)c2ccccc2)C1=O. The fourth-order valence-electron chi connectivity index (χ4n) is 2.35. The molecule has 0 N–H and O–H groups in total. The number of rotatable bonds is 3. The van der Waals surface area contributed by atoms with Gasteiger partial charge in [0.15, 0.2) is 0 Å². The van der Waals surface area contributed by atoms with E-state index >= 15 is 0 Å². The van der Waals surface area contributed by atoms with Crippen molar-refractivity contribution in [3.8, 4) is 0 Å². The van der Waals surface area contributed by atoms with Gasteiger partial charge in [-0.2, -0.15) is 0 Å². The fourth-order valence-corrected chi connectivity index (χ4v) is 4.68. The summed E-state index contributed by atoms with van der Waals surface area (Å²) in [5, 5.41) is 2.04. The molecule has 1 aromatic carbocycles. The first kappa shape index (κ1) is 15.5. The second kappa shape index (κ2) is 6.36. The van der Waals surface area contributed by atoms with Gasteiger partial charge < -0.3 is 0 Å². The highest BCUT2D eigenvalue weighted by molar-refractivity contribution is 8.26. The molecule has 1 aliphatic rings. The lowest BCUT2D eigenvalue weighted by atomic mass is 10.1. The van der Waals surface area contributed by atoms with Crippen molar-refractivity contribution < 1.29 is 4.79 Å². The number of benzene rings is 1. The lowest BCUT2D eigenvalue weighted by molar-refractivity contribution is -0.123. The number of thioether (sulfide) groups is 1. The third-order valence-electron chi connectivity index (χ3n) is 3.66.